The number of aromatic nitrogens is 2. The van der Waals surface area contributed by atoms with Crippen molar-refractivity contribution in [2.45, 2.75) is 0 Å². The van der Waals surface area contributed by atoms with E-state index in [1.54, 1.807) is 12.1 Å². The zero-order valence-electron chi connectivity index (χ0n) is 12.3. The Morgan fingerprint density at radius 2 is 1.52 bits per heavy atom. The Balaban J connectivity index is 1.92. The van der Waals surface area contributed by atoms with Crippen LogP contribution in [-0.4, -0.2) is 14.7 Å². The minimum absolute atomic E-state index is 0.223. The van der Waals surface area contributed by atoms with E-state index in [9.17, 15) is 5.11 Å². The van der Waals surface area contributed by atoms with Crippen molar-refractivity contribution in [3.63, 3.8) is 0 Å². The monoisotopic (exact) mass is 301 g/mol. The second kappa shape index (κ2) is 5.50. The normalized spacial score (nSPS) is 10.8. The number of para-hydroxylation sites is 2. The Kier molecular flexibility index (Phi) is 3.20. The molecule has 0 amide bonds. The second-order valence-electron chi connectivity index (χ2n) is 5.27. The van der Waals surface area contributed by atoms with E-state index in [2.05, 4.69) is 10.3 Å². The zero-order valence-corrected chi connectivity index (χ0v) is 12.3. The molecule has 0 aliphatic heterocycles. The summed E-state index contributed by atoms with van der Waals surface area (Å²) in [5, 5.41) is 13.2. The molecule has 0 saturated heterocycles. The van der Waals surface area contributed by atoms with Gasteiger partial charge >= 0.3 is 0 Å². The summed E-state index contributed by atoms with van der Waals surface area (Å²) in [5.41, 5.74) is 3.63. The number of rotatable bonds is 3. The standard InChI is InChI=1S/C19H15N3O/c23-16-11-12-17-18(13-16)22(15-9-5-2-6-10-15)19(21-17)20-14-7-3-1-4-8-14/h1-13,23H,(H,20,21). The molecule has 4 rings (SSSR count). The molecule has 0 bridgehead atoms. The first-order valence-electron chi connectivity index (χ1n) is 7.40. The van der Waals surface area contributed by atoms with Crippen LogP contribution in [0, 0.1) is 0 Å². The Morgan fingerprint density at radius 1 is 0.826 bits per heavy atom. The zero-order chi connectivity index (χ0) is 15.6. The van der Waals surface area contributed by atoms with Gasteiger partial charge in [-0.3, -0.25) is 4.57 Å². The molecule has 0 unspecified atom stereocenters. The largest absolute Gasteiger partial charge is 0.508 e. The topological polar surface area (TPSA) is 50.1 Å². The molecule has 0 aliphatic carbocycles. The summed E-state index contributed by atoms with van der Waals surface area (Å²) in [6, 6.07) is 25.1. The molecule has 112 valence electrons. The third kappa shape index (κ3) is 2.51. The van der Waals surface area contributed by atoms with E-state index >= 15 is 0 Å². The van der Waals surface area contributed by atoms with Gasteiger partial charge in [0.15, 0.2) is 0 Å². The predicted molar refractivity (Wildman–Crippen MR) is 92.5 cm³/mol. The summed E-state index contributed by atoms with van der Waals surface area (Å²) in [4.78, 5) is 4.67. The van der Waals surface area contributed by atoms with Gasteiger partial charge in [0.2, 0.25) is 5.95 Å². The minimum Gasteiger partial charge on any atom is -0.508 e. The molecule has 4 nitrogen and oxygen atoms in total. The van der Waals surface area contributed by atoms with Gasteiger partial charge in [-0.25, -0.2) is 4.98 Å². The van der Waals surface area contributed by atoms with Gasteiger partial charge in [-0.1, -0.05) is 36.4 Å². The maximum Gasteiger partial charge on any atom is 0.213 e. The van der Waals surface area contributed by atoms with Crippen LogP contribution < -0.4 is 5.32 Å². The van der Waals surface area contributed by atoms with E-state index in [4.69, 9.17) is 0 Å². The molecule has 3 aromatic carbocycles. The number of nitrogens with zero attached hydrogens (tertiary/aromatic N) is 2. The molecular formula is C19H15N3O. The van der Waals surface area contributed by atoms with Crippen LogP contribution in [0.5, 0.6) is 5.75 Å². The number of benzene rings is 3. The van der Waals surface area contributed by atoms with E-state index in [0.717, 1.165) is 22.4 Å². The van der Waals surface area contributed by atoms with E-state index in [0.29, 0.717) is 5.95 Å². The van der Waals surface area contributed by atoms with Gasteiger partial charge in [-0.05, 0) is 36.4 Å². The van der Waals surface area contributed by atoms with Crippen molar-refractivity contribution in [2.24, 2.45) is 0 Å². The van der Waals surface area contributed by atoms with Crippen LogP contribution in [0.1, 0.15) is 0 Å². The lowest BCUT2D eigenvalue weighted by atomic mass is 10.2. The van der Waals surface area contributed by atoms with E-state index < -0.39 is 0 Å². The molecule has 0 spiro atoms. The Morgan fingerprint density at radius 3 is 2.26 bits per heavy atom. The molecule has 0 aliphatic rings. The van der Waals surface area contributed by atoms with Gasteiger partial charge in [-0.2, -0.15) is 0 Å². The van der Waals surface area contributed by atoms with Crippen molar-refractivity contribution in [1.29, 1.82) is 0 Å². The maximum atomic E-state index is 9.84. The van der Waals surface area contributed by atoms with Gasteiger partial charge in [0.1, 0.15) is 5.75 Å². The quantitative estimate of drug-likeness (QED) is 0.587. The Hall–Kier alpha value is -3.27. The summed E-state index contributed by atoms with van der Waals surface area (Å²) in [6.45, 7) is 0. The van der Waals surface area contributed by atoms with Crippen LogP contribution in [0.4, 0.5) is 11.6 Å². The first-order valence-corrected chi connectivity index (χ1v) is 7.40. The van der Waals surface area contributed by atoms with E-state index in [-0.39, 0.29) is 5.75 Å². The first-order chi connectivity index (χ1) is 11.3. The third-order valence-corrected chi connectivity index (χ3v) is 3.68. The fraction of sp³-hybridized carbons (Fsp3) is 0. The lowest BCUT2D eigenvalue weighted by molar-refractivity contribution is 0.476. The van der Waals surface area contributed by atoms with Crippen LogP contribution >= 0.6 is 0 Å². The van der Waals surface area contributed by atoms with Crippen molar-refractivity contribution in [3.05, 3.63) is 78.9 Å². The van der Waals surface area contributed by atoms with Crippen molar-refractivity contribution in [1.82, 2.24) is 9.55 Å². The molecule has 0 atom stereocenters. The van der Waals surface area contributed by atoms with Crippen molar-refractivity contribution < 1.29 is 5.11 Å². The molecule has 4 heteroatoms. The number of anilines is 2. The van der Waals surface area contributed by atoms with Crippen LogP contribution in [0.2, 0.25) is 0 Å². The average Bonchev–Trinajstić information content (AvgIpc) is 2.93. The summed E-state index contributed by atoms with van der Waals surface area (Å²) in [5.74, 6) is 0.934. The number of aromatic hydroxyl groups is 1. The summed E-state index contributed by atoms with van der Waals surface area (Å²) < 4.78 is 2.00. The third-order valence-electron chi connectivity index (χ3n) is 3.68. The van der Waals surface area contributed by atoms with Crippen LogP contribution in [0.25, 0.3) is 16.7 Å². The highest BCUT2D eigenvalue weighted by molar-refractivity contribution is 5.83. The average molecular weight is 301 g/mol. The van der Waals surface area contributed by atoms with Crippen molar-refractivity contribution in [2.75, 3.05) is 5.32 Å². The predicted octanol–water partition coefficient (Wildman–Crippen LogP) is 4.47. The molecule has 4 aromatic rings. The molecule has 1 heterocycles. The van der Waals surface area contributed by atoms with Gasteiger partial charge in [-0.15, -0.1) is 0 Å². The smallest absolute Gasteiger partial charge is 0.213 e. The number of nitrogens with one attached hydrogen (secondary N) is 1. The van der Waals surface area contributed by atoms with Crippen molar-refractivity contribution in [3.8, 4) is 11.4 Å². The van der Waals surface area contributed by atoms with Gasteiger partial charge in [0.05, 0.1) is 11.0 Å². The number of phenols is 1. The molecule has 0 radical (unpaired) electrons. The Labute approximate surface area is 133 Å². The number of imidazole rings is 1. The van der Waals surface area contributed by atoms with Crippen LogP contribution in [0.15, 0.2) is 78.9 Å². The number of hydrogen-bond acceptors (Lipinski definition) is 3. The maximum absolute atomic E-state index is 9.84. The highest BCUT2D eigenvalue weighted by Crippen LogP contribution is 2.29. The number of fused-ring (bicyclic) bond motifs is 1. The molecule has 0 saturated carbocycles. The van der Waals surface area contributed by atoms with Gasteiger partial charge in [0.25, 0.3) is 0 Å². The summed E-state index contributed by atoms with van der Waals surface area (Å²) in [7, 11) is 0. The molecule has 0 fully saturated rings. The molecule has 1 aromatic heterocycles. The number of hydrogen-bond donors (Lipinski definition) is 2. The van der Waals surface area contributed by atoms with Gasteiger partial charge < -0.3 is 10.4 Å². The SMILES string of the molecule is Oc1ccc2nc(Nc3ccccc3)n(-c3ccccc3)c2c1. The highest BCUT2D eigenvalue weighted by atomic mass is 16.3. The number of phenolic OH excluding ortho intramolecular Hbond substituents is 1. The fourth-order valence-corrected chi connectivity index (χ4v) is 2.64. The van der Waals surface area contributed by atoms with E-state index in [1.807, 2.05) is 71.3 Å². The molecular weight excluding hydrogens is 286 g/mol. The lowest BCUT2D eigenvalue weighted by Gasteiger charge is -2.11. The lowest BCUT2D eigenvalue weighted by Crippen LogP contribution is -2.01. The second-order valence-corrected chi connectivity index (χ2v) is 5.27. The molecule has 2 N–H and O–H groups in total. The summed E-state index contributed by atoms with van der Waals surface area (Å²) in [6.07, 6.45) is 0. The van der Waals surface area contributed by atoms with Crippen LogP contribution in [-0.2, 0) is 0 Å². The minimum atomic E-state index is 0.223. The molecule has 23 heavy (non-hydrogen) atoms. The van der Waals surface area contributed by atoms with Crippen LogP contribution in [0.3, 0.4) is 0 Å². The fourth-order valence-electron chi connectivity index (χ4n) is 2.64. The van der Waals surface area contributed by atoms with Crippen molar-refractivity contribution >= 4 is 22.7 Å². The summed E-state index contributed by atoms with van der Waals surface area (Å²) >= 11 is 0. The first kappa shape index (κ1) is 13.4. The van der Waals surface area contributed by atoms with E-state index in [1.165, 1.54) is 0 Å². The Bertz CT molecular complexity index is 946. The van der Waals surface area contributed by atoms with Gasteiger partial charge in [0, 0.05) is 17.4 Å². The highest BCUT2D eigenvalue weighted by Gasteiger charge is 2.13.